The van der Waals surface area contributed by atoms with Crippen LogP contribution in [0.1, 0.15) is 53.4 Å². The van der Waals surface area contributed by atoms with Crippen LogP contribution in [0.3, 0.4) is 0 Å². The lowest BCUT2D eigenvalue weighted by Gasteiger charge is -2.34. The average Bonchev–Trinajstić information content (AvgIpc) is 2.40. The van der Waals surface area contributed by atoms with E-state index in [-0.39, 0.29) is 0 Å². The number of hydrogen-bond donors (Lipinski definition) is 1. The Kier molecular flexibility index (Phi) is 5.62. The number of nitrogens with zero attached hydrogens (tertiary/aromatic N) is 1. The standard InChI is InChI=1S/C13H28N2/c1-5-7-13-10-15(11(3)6-2)12(4)8-9-14-13/h11-14H,5-10H2,1-4H3. The van der Waals surface area contributed by atoms with Crippen LogP contribution in [0.4, 0.5) is 0 Å². The fourth-order valence-electron chi connectivity index (χ4n) is 2.55. The first-order valence-corrected chi connectivity index (χ1v) is 6.68. The maximum absolute atomic E-state index is 3.68. The predicted octanol–water partition coefficient (Wildman–Crippen LogP) is 2.64. The molecule has 0 amide bonds. The normalized spacial score (nSPS) is 31.2. The molecule has 3 unspecified atom stereocenters. The Bertz CT molecular complexity index is 170. The van der Waals surface area contributed by atoms with Crippen molar-refractivity contribution < 1.29 is 0 Å². The smallest absolute Gasteiger partial charge is 0.0195 e. The minimum Gasteiger partial charge on any atom is -0.313 e. The fraction of sp³-hybridized carbons (Fsp3) is 1.00. The Morgan fingerprint density at radius 2 is 2.13 bits per heavy atom. The van der Waals surface area contributed by atoms with E-state index in [9.17, 15) is 0 Å². The van der Waals surface area contributed by atoms with Crippen LogP contribution in [0.15, 0.2) is 0 Å². The Morgan fingerprint density at radius 1 is 1.40 bits per heavy atom. The molecule has 1 fully saturated rings. The summed E-state index contributed by atoms with van der Waals surface area (Å²) in [6, 6.07) is 2.20. The van der Waals surface area contributed by atoms with Crippen LogP contribution in [0.25, 0.3) is 0 Å². The number of hydrogen-bond acceptors (Lipinski definition) is 2. The minimum absolute atomic E-state index is 0.717. The molecule has 1 N–H and O–H groups in total. The summed E-state index contributed by atoms with van der Waals surface area (Å²) in [4.78, 5) is 2.69. The largest absolute Gasteiger partial charge is 0.313 e. The Morgan fingerprint density at radius 3 is 2.73 bits per heavy atom. The highest BCUT2D eigenvalue weighted by Crippen LogP contribution is 2.16. The SMILES string of the molecule is CCCC1CN(C(C)CC)C(C)CCN1. The zero-order chi connectivity index (χ0) is 11.3. The van der Waals surface area contributed by atoms with Gasteiger partial charge in [0.25, 0.3) is 0 Å². The van der Waals surface area contributed by atoms with Crippen LogP contribution >= 0.6 is 0 Å². The van der Waals surface area contributed by atoms with Crippen molar-refractivity contribution in [1.82, 2.24) is 10.2 Å². The average molecular weight is 212 g/mol. The van der Waals surface area contributed by atoms with Crippen molar-refractivity contribution in [3.05, 3.63) is 0 Å². The van der Waals surface area contributed by atoms with Gasteiger partial charge in [-0.05, 0) is 39.7 Å². The lowest BCUT2D eigenvalue weighted by Crippen LogP contribution is -2.44. The van der Waals surface area contributed by atoms with Gasteiger partial charge in [-0.2, -0.15) is 0 Å². The summed E-state index contributed by atoms with van der Waals surface area (Å²) in [6.45, 7) is 11.8. The molecule has 2 nitrogen and oxygen atoms in total. The summed E-state index contributed by atoms with van der Waals surface area (Å²) in [6.07, 6.45) is 5.17. The van der Waals surface area contributed by atoms with Gasteiger partial charge in [0, 0.05) is 24.7 Å². The lowest BCUT2D eigenvalue weighted by atomic mass is 10.1. The van der Waals surface area contributed by atoms with Gasteiger partial charge in [0.2, 0.25) is 0 Å². The van der Waals surface area contributed by atoms with Crippen molar-refractivity contribution in [2.24, 2.45) is 0 Å². The molecular formula is C13H28N2. The van der Waals surface area contributed by atoms with Crippen molar-refractivity contribution in [3.63, 3.8) is 0 Å². The predicted molar refractivity (Wildman–Crippen MR) is 67.2 cm³/mol. The summed E-state index contributed by atoms with van der Waals surface area (Å²) in [7, 11) is 0. The van der Waals surface area contributed by atoms with E-state index in [0.717, 1.165) is 12.1 Å². The third-order valence-corrected chi connectivity index (χ3v) is 3.79. The van der Waals surface area contributed by atoms with Crippen molar-refractivity contribution >= 4 is 0 Å². The second-order valence-corrected chi connectivity index (χ2v) is 5.03. The molecular weight excluding hydrogens is 184 g/mol. The molecule has 1 saturated heterocycles. The molecule has 0 bridgehead atoms. The van der Waals surface area contributed by atoms with Crippen molar-refractivity contribution in [1.29, 1.82) is 0 Å². The summed E-state index contributed by atoms with van der Waals surface area (Å²) in [5.41, 5.74) is 0. The molecule has 15 heavy (non-hydrogen) atoms. The minimum atomic E-state index is 0.717. The Balaban J connectivity index is 2.56. The van der Waals surface area contributed by atoms with E-state index < -0.39 is 0 Å². The molecule has 1 aliphatic rings. The zero-order valence-corrected chi connectivity index (χ0v) is 10.9. The molecule has 0 radical (unpaired) electrons. The molecule has 1 rings (SSSR count). The van der Waals surface area contributed by atoms with Crippen LogP contribution < -0.4 is 5.32 Å². The summed E-state index contributed by atoms with van der Waals surface area (Å²) in [5, 5.41) is 3.68. The highest BCUT2D eigenvalue weighted by atomic mass is 15.2. The van der Waals surface area contributed by atoms with Gasteiger partial charge in [-0.15, -0.1) is 0 Å². The van der Waals surface area contributed by atoms with Gasteiger partial charge in [0.1, 0.15) is 0 Å². The maximum atomic E-state index is 3.68. The van der Waals surface area contributed by atoms with Crippen LogP contribution in [-0.2, 0) is 0 Å². The van der Waals surface area contributed by atoms with E-state index in [2.05, 4.69) is 37.9 Å². The molecule has 2 heteroatoms. The third-order valence-electron chi connectivity index (χ3n) is 3.79. The van der Waals surface area contributed by atoms with E-state index in [4.69, 9.17) is 0 Å². The van der Waals surface area contributed by atoms with E-state index in [1.807, 2.05) is 0 Å². The van der Waals surface area contributed by atoms with E-state index in [0.29, 0.717) is 6.04 Å². The first-order valence-electron chi connectivity index (χ1n) is 6.68. The molecule has 0 spiro atoms. The Labute approximate surface area is 95.4 Å². The molecule has 0 aliphatic carbocycles. The molecule has 3 atom stereocenters. The van der Waals surface area contributed by atoms with Crippen LogP contribution in [0.5, 0.6) is 0 Å². The summed E-state index contributed by atoms with van der Waals surface area (Å²) < 4.78 is 0. The van der Waals surface area contributed by atoms with Gasteiger partial charge in [-0.3, -0.25) is 4.90 Å². The molecule has 90 valence electrons. The summed E-state index contributed by atoms with van der Waals surface area (Å²) in [5.74, 6) is 0. The van der Waals surface area contributed by atoms with Crippen molar-refractivity contribution in [2.45, 2.75) is 71.5 Å². The van der Waals surface area contributed by atoms with Crippen LogP contribution in [0, 0.1) is 0 Å². The lowest BCUT2D eigenvalue weighted by molar-refractivity contribution is 0.145. The second-order valence-electron chi connectivity index (χ2n) is 5.03. The quantitative estimate of drug-likeness (QED) is 0.770. The van der Waals surface area contributed by atoms with Crippen molar-refractivity contribution in [3.8, 4) is 0 Å². The first-order chi connectivity index (χ1) is 7.19. The van der Waals surface area contributed by atoms with Gasteiger partial charge >= 0.3 is 0 Å². The van der Waals surface area contributed by atoms with E-state index in [1.165, 1.54) is 38.8 Å². The molecule has 0 aromatic rings. The van der Waals surface area contributed by atoms with Gasteiger partial charge < -0.3 is 5.32 Å². The first kappa shape index (κ1) is 13.0. The Hall–Kier alpha value is -0.0800. The number of rotatable bonds is 4. The second kappa shape index (κ2) is 6.49. The van der Waals surface area contributed by atoms with Crippen molar-refractivity contribution in [2.75, 3.05) is 13.1 Å². The van der Waals surface area contributed by atoms with Crippen LogP contribution in [0.2, 0.25) is 0 Å². The fourth-order valence-corrected chi connectivity index (χ4v) is 2.55. The molecule has 1 aliphatic heterocycles. The third kappa shape index (κ3) is 3.76. The number of nitrogens with one attached hydrogen (secondary N) is 1. The zero-order valence-electron chi connectivity index (χ0n) is 10.9. The van der Waals surface area contributed by atoms with E-state index >= 15 is 0 Å². The topological polar surface area (TPSA) is 15.3 Å². The highest BCUT2D eigenvalue weighted by molar-refractivity contribution is 4.83. The van der Waals surface area contributed by atoms with Crippen LogP contribution in [-0.4, -0.2) is 36.1 Å². The van der Waals surface area contributed by atoms with E-state index in [1.54, 1.807) is 0 Å². The monoisotopic (exact) mass is 212 g/mol. The maximum Gasteiger partial charge on any atom is 0.0195 e. The summed E-state index contributed by atoms with van der Waals surface area (Å²) >= 11 is 0. The van der Waals surface area contributed by atoms with Gasteiger partial charge in [0.05, 0.1) is 0 Å². The molecule has 0 aromatic carbocycles. The van der Waals surface area contributed by atoms with Gasteiger partial charge in [-0.1, -0.05) is 20.3 Å². The molecule has 1 heterocycles. The molecule has 0 saturated carbocycles. The highest BCUT2D eigenvalue weighted by Gasteiger charge is 2.24. The van der Waals surface area contributed by atoms with Gasteiger partial charge in [0.15, 0.2) is 0 Å². The van der Waals surface area contributed by atoms with Gasteiger partial charge in [-0.25, -0.2) is 0 Å². The molecule has 0 aromatic heterocycles.